The smallest absolute Gasteiger partial charge is 0.314 e. The summed E-state index contributed by atoms with van der Waals surface area (Å²) in [5, 5.41) is 10.5. The van der Waals surface area contributed by atoms with Crippen molar-refractivity contribution in [2.75, 3.05) is 0 Å². The molecule has 0 fully saturated rings. The van der Waals surface area contributed by atoms with E-state index in [0.29, 0.717) is 0 Å². The molecule has 0 atom stereocenters. The van der Waals surface area contributed by atoms with Crippen molar-refractivity contribution in [1.82, 2.24) is 0 Å². The maximum Gasteiger partial charge on any atom is 0.314 e. The molecule has 0 heterocycles. The second-order valence-electron chi connectivity index (χ2n) is 2.61. The molecule has 0 amide bonds. The van der Waals surface area contributed by atoms with E-state index in [1.54, 1.807) is 0 Å². The molecule has 0 aliphatic carbocycles. The SMILES string of the molecule is CC(=O)c1ccc(ON)c([N+](=O)[O-])c1. The Kier molecular flexibility index (Phi) is 2.78. The van der Waals surface area contributed by atoms with Crippen LogP contribution in [0.15, 0.2) is 18.2 Å². The first-order chi connectivity index (χ1) is 6.56. The summed E-state index contributed by atoms with van der Waals surface area (Å²) in [6.07, 6.45) is 0. The molecule has 0 aliphatic rings. The van der Waals surface area contributed by atoms with Crippen molar-refractivity contribution in [3.8, 4) is 5.75 Å². The van der Waals surface area contributed by atoms with Crippen molar-refractivity contribution in [2.24, 2.45) is 5.90 Å². The molecule has 0 saturated heterocycles. The molecule has 1 aromatic rings. The monoisotopic (exact) mass is 196 g/mol. The van der Waals surface area contributed by atoms with Gasteiger partial charge in [-0.1, -0.05) is 0 Å². The number of nitrogens with zero attached hydrogens (tertiary/aromatic N) is 1. The minimum absolute atomic E-state index is 0.0694. The molecule has 6 nitrogen and oxygen atoms in total. The van der Waals surface area contributed by atoms with Gasteiger partial charge in [-0.3, -0.25) is 14.9 Å². The van der Waals surface area contributed by atoms with Crippen LogP contribution in [0, 0.1) is 10.1 Å². The van der Waals surface area contributed by atoms with E-state index in [4.69, 9.17) is 5.90 Å². The number of carbonyl (C=O) groups is 1. The summed E-state index contributed by atoms with van der Waals surface area (Å²) >= 11 is 0. The highest BCUT2D eigenvalue weighted by molar-refractivity contribution is 5.95. The fourth-order valence-corrected chi connectivity index (χ4v) is 0.979. The topological polar surface area (TPSA) is 95.5 Å². The zero-order valence-corrected chi connectivity index (χ0v) is 7.39. The van der Waals surface area contributed by atoms with Gasteiger partial charge in [-0.15, -0.1) is 0 Å². The minimum Gasteiger partial charge on any atom is -0.404 e. The number of hydrogen-bond acceptors (Lipinski definition) is 5. The second kappa shape index (κ2) is 3.84. The van der Waals surface area contributed by atoms with Gasteiger partial charge in [0.05, 0.1) is 4.92 Å². The molecule has 0 unspecified atom stereocenters. The van der Waals surface area contributed by atoms with Crippen LogP contribution in [-0.2, 0) is 0 Å². The lowest BCUT2D eigenvalue weighted by molar-refractivity contribution is -0.385. The first-order valence-corrected chi connectivity index (χ1v) is 3.72. The summed E-state index contributed by atoms with van der Waals surface area (Å²) in [6.45, 7) is 1.32. The van der Waals surface area contributed by atoms with Crippen LogP contribution in [0.1, 0.15) is 17.3 Å². The lowest BCUT2D eigenvalue weighted by Crippen LogP contribution is -2.05. The minimum atomic E-state index is -0.658. The Morgan fingerprint density at radius 2 is 2.21 bits per heavy atom. The predicted octanol–water partition coefficient (Wildman–Crippen LogP) is 1.05. The van der Waals surface area contributed by atoms with E-state index in [-0.39, 0.29) is 22.8 Å². The second-order valence-corrected chi connectivity index (χ2v) is 2.61. The lowest BCUT2D eigenvalue weighted by atomic mass is 10.1. The Morgan fingerprint density at radius 3 is 2.64 bits per heavy atom. The van der Waals surface area contributed by atoms with Gasteiger partial charge in [0.25, 0.3) is 0 Å². The summed E-state index contributed by atoms with van der Waals surface area (Å²) in [7, 11) is 0. The summed E-state index contributed by atoms with van der Waals surface area (Å²) in [5.41, 5.74) is -0.0716. The van der Waals surface area contributed by atoms with E-state index in [1.165, 1.54) is 19.1 Å². The number of rotatable bonds is 3. The quantitative estimate of drug-likeness (QED) is 0.442. The molecule has 1 aromatic carbocycles. The molecular formula is C8H8N2O4. The molecule has 74 valence electrons. The fourth-order valence-electron chi connectivity index (χ4n) is 0.979. The van der Waals surface area contributed by atoms with Crippen molar-refractivity contribution < 1.29 is 14.6 Å². The van der Waals surface area contributed by atoms with Gasteiger partial charge in [-0.2, -0.15) is 5.90 Å². The zero-order chi connectivity index (χ0) is 10.7. The van der Waals surface area contributed by atoms with Crippen LogP contribution in [0.3, 0.4) is 0 Å². The molecule has 6 heteroatoms. The third-order valence-corrected chi connectivity index (χ3v) is 1.69. The molecule has 0 spiro atoms. The van der Waals surface area contributed by atoms with Gasteiger partial charge < -0.3 is 4.84 Å². The molecular weight excluding hydrogens is 188 g/mol. The average Bonchev–Trinajstić information content (AvgIpc) is 2.16. The van der Waals surface area contributed by atoms with Gasteiger partial charge in [-0.25, -0.2) is 0 Å². The maximum atomic E-state index is 10.9. The number of ketones is 1. The summed E-state index contributed by atoms with van der Waals surface area (Å²) in [6, 6.07) is 3.83. The van der Waals surface area contributed by atoms with E-state index < -0.39 is 4.92 Å². The predicted molar refractivity (Wildman–Crippen MR) is 47.9 cm³/mol. The maximum absolute atomic E-state index is 10.9. The number of nitro benzene ring substituents is 1. The third-order valence-electron chi connectivity index (χ3n) is 1.69. The Labute approximate surface area is 79.4 Å². The van der Waals surface area contributed by atoms with Gasteiger partial charge >= 0.3 is 5.69 Å². The first-order valence-electron chi connectivity index (χ1n) is 3.72. The van der Waals surface area contributed by atoms with Crippen LogP contribution >= 0.6 is 0 Å². The number of Topliss-reactive ketones (excluding diaryl/α,β-unsaturated/α-hetero) is 1. The highest BCUT2D eigenvalue weighted by Crippen LogP contribution is 2.26. The number of nitrogens with two attached hydrogens (primary N) is 1. The lowest BCUT2D eigenvalue weighted by Gasteiger charge is -2.01. The highest BCUT2D eigenvalue weighted by atomic mass is 16.6. The number of carbonyl (C=O) groups excluding carboxylic acids is 1. The molecule has 0 aromatic heterocycles. The number of nitro groups is 1. The van der Waals surface area contributed by atoms with Crippen molar-refractivity contribution in [1.29, 1.82) is 0 Å². The van der Waals surface area contributed by atoms with Gasteiger partial charge in [-0.05, 0) is 19.1 Å². The van der Waals surface area contributed by atoms with Crippen molar-refractivity contribution in [2.45, 2.75) is 6.92 Å². The van der Waals surface area contributed by atoms with Crippen molar-refractivity contribution in [3.05, 3.63) is 33.9 Å². The zero-order valence-electron chi connectivity index (χ0n) is 7.39. The van der Waals surface area contributed by atoms with Gasteiger partial charge in [0.15, 0.2) is 5.78 Å². The average molecular weight is 196 g/mol. The van der Waals surface area contributed by atoms with Crippen molar-refractivity contribution >= 4 is 11.5 Å². The standard InChI is InChI=1S/C8H8N2O4/c1-5(11)6-2-3-8(14-9)7(4-6)10(12)13/h2-4H,9H2,1H3. The molecule has 2 N–H and O–H groups in total. The Hall–Kier alpha value is -1.95. The Bertz CT molecular complexity index is 389. The highest BCUT2D eigenvalue weighted by Gasteiger charge is 2.16. The molecule has 0 aliphatic heterocycles. The summed E-state index contributed by atoms with van der Waals surface area (Å²) < 4.78 is 0. The van der Waals surface area contributed by atoms with Crippen molar-refractivity contribution in [3.63, 3.8) is 0 Å². The van der Waals surface area contributed by atoms with E-state index in [9.17, 15) is 14.9 Å². The van der Waals surface area contributed by atoms with Gasteiger partial charge in [0, 0.05) is 11.6 Å². The van der Waals surface area contributed by atoms with Gasteiger partial charge in [0.2, 0.25) is 5.75 Å². The molecule has 0 radical (unpaired) electrons. The molecule has 14 heavy (non-hydrogen) atoms. The Balaban J connectivity index is 3.27. The van der Waals surface area contributed by atoms with Crippen LogP contribution in [-0.4, -0.2) is 10.7 Å². The Morgan fingerprint density at radius 1 is 1.57 bits per heavy atom. The normalized spacial score (nSPS) is 9.57. The van der Waals surface area contributed by atoms with E-state index in [1.807, 2.05) is 0 Å². The molecule has 0 saturated carbocycles. The van der Waals surface area contributed by atoms with Crippen LogP contribution in [0.5, 0.6) is 5.75 Å². The number of hydrogen-bond donors (Lipinski definition) is 1. The van der Waals surface area contributed by atoms with E-state index in [0.717, 1.165) is 6.07 Å². The third kappa shape index (κ3) is 1.86. The number of benzene rings is 1. The van der Waals surface area contributed by atoms with E-state index >= 15 is 0 Å². The first kappa shape index (κ1) is 10.1. The van der Waals surface area contributed by atoms with Gasteiger partial charge in [0.1, 0.15) is 0 Å². The summed E-state index contributed by atoms with van der Waals surface area (Å²) in [4.78, 5) is 25.1. The molecule has 0 bridgehead atoms. The van der Waals surface area contributed by atoms with Crippen LogP contribution in [0.4, 0.5) is 5.69 Å². The fraction of sp³-hybridized carbons (Fsp3) is 0.125. The van der Waals surface area contributed by atoms with Crippen LogP contribution in [0.25, 0.3) is 0 Å². The van der Waals surface area contributed by atoms with Crippen LogP contribution < -0.4 is 10.7 Å². The molecule has 1 rings (SSSR count). The van der Waals surface area contributed by atoms with E-state index in [2.05, 4.69) is 4.84 Å². The largest absolute Gasteiger partial charge is 0.404 e. The summed E-state index contributed by atoms with van der Waals surface area (Å²) in [5.74, 6) is 4.50. The van der Waals surface area contributed by atoms with Crippen LogP contribution in [0.2, 0.25) is 0 Å².